The first kappa shape index (κ1) is 19.1. The molecule has 0 unspecified atom stereocenters. The molecular weight excluding hydrogens is 390 g/mol. The molecular formula is C25H26N3OS+. The predicted octanol–water partition coefficient (Wildman–Crippen LogP) is 3.90. The Labute approximate surface area is 180 Å². The van der Waals surface area contributed by atoms with Crippen LogP contribution in [0.5, 0.6) is 0 Å². The molecule has 3 heterocycles. The van der Waals surface area contributed by atoms with Crippen molar-refractivity contribution in [1.82, 2.24) is 4.98 Å². The summed E-state index contributed by atoms with van der Waals surface area (Å²) in [6.07, 6.45) is 3.08. The molecule has 0 aliphatic carbocycles. The highest BCUT2D eigenvalue weighted by Crippen LogP contribution is 2.32. The van der Waals surface area contributed by atoms with Crippen molar-refractivity contribution in [1.29, 1.82) is 0 Å². The normalized spacial score (nSPS) is 15.3. The van der Waals surface area contributed by atoms with E-state index in [1.165, 1.54) is 21.4 Å². The number of quaternary nitrogens is 1. The van der Waals surface area contributed by atoms with Crippen LogP contribution in [-0.4, -0.2) is 30.0 Å². The van der Waals surface area contributed by atoms with Crippen molar-refractivity contribution >= 4 is 33.8 Å². The smallest absolute Gasteiger partial charge is 0.284 e. The van der Waals surface area contributed by atoms with Gasteiger partial charge < -0.3 is 15.2 Å². The highest BCUT2D eigenvalue weighted by atomic mass is 32.1. The topological polar surface area (TPSA) is 52.7 Å². The number of nitrogens with zero attached hydrogens (tertiary/aromatic N) is 1. The number of nitrogens with one attached hydrogen (secondary N) is 1. The SMILES string of the molecule is C[C@@H]([NH2+]C[C@H](c1cccs1)c1c[nH]c2ccccc12)C(=O)N1CCc2ccccc21. The predicted molar refractivity (Wildman–Crippen MR) is 123 cm³/mol. The van der Waals surface area contributed by atoms with Gasteiger partial charge >= 0.3 is 0 Å². The highest BCUT2D eigenvalue weighted by molar-refractivity contribution is 7.10. The lowest BCUT2D eigenvalue weighted by molar-refractivity contribution is -0.674. The Morgan fingerprint density at radius 1 is 1.13 bits per heavy atom. The van der Waals surface area contributed by atoms with Crippen molar-refractivity contribution in [3.05, 3.63) is 88.2 Å². The van der Waals surface area contributed by atoms with E-state index in [0.29, 0.717) is 0 Å². The van der Waals surface area contributed by atoms with Gasteiger partial charge in [-0.25, -0.2) is 0 Å². The number of hydrogen-bond donors (Lipinski definition) is 2. The van der Waals surface area contributed by atoms with E-state index in [1.807, 2.05) is 17.9 Å². The van der Waals surface area contributed by atoms with E-state index in [1.54, 1.807) is 11.3 Å². The van der Waals surface area contributed by atoms with Crippen LogP contribution in [0.25, 0.3) is 10.9 Å². The molecule has 0 radical (unpaired) electrons. The molecule has 1 aliphatic rings. The first-order valence-corrected chi connectivity index (χ1v) is 11.4. The molecule has 5 heteroatoms. The first-order chi connectivity index (χ1) is 14.7. The van der Waals surface area contributed by atoms with Gasteiger partial charge in [0.15, 0.2) is 6.04 Å². The average Bonchev–Trinajstić information content (AvgIpc) is 3.53. The second kappa shape index (κ2) is 8.09. The molecule has 0 fully saturated rings. The van der Waals surface area contributed by atoms with Gasteiger partial charge in [0.05, 0.1) is 12.5 Å². The molecule has 0 saturated heterocycles. The van der Waals surface area contributed by atoms with Gasteiger partial charge in [0.2, 0.25) is 0 Å². The van der Waals surface area contributed by atoms with Gasteiger partial charge in [0.1, 0.15) is 0 Å². The van der Waals surface area contributed by atoms with Crippen LogP contribution >= 0.6 is 11.3 Å². The fourth-order valence-corrected chi connectivity index (χ4v) is 5.38. The summed E-state index contributed by atoms with van der Waals surface area (Å²) in [6, 6.07) is 20.9. The van der Waals surface area contributed by atoms with E-state index in [0.717, 1.165) is 30.7 Å². The van der Waals surface area contributed by atoms with E-state index < -0.39 is 0 Å². The molecule has 0 saturated carbocycles. The van der Waals surface area contributed by atoms with E-state index in [2.05, 4.69) is 76.5 Å². The number of fused-ring (bicyclic) bond motifs is 2. The van der Waals surface area contributed by atoms with Crippen LogP contribution in [-0.2, 0) is 11.2 Å². The van der Waals surface area contributed by atoms with E-state index >= 15 is 0 Å². The fraction of sp³-hybridized carbons (Fsp3) is 0.240. The third kappa shape index (κ3) is 3.44. The van der Waals surface area contributed by atoms with E-state index in [4.69, 9.17) is 0 Å². The van der Waals surface area contributed by atoms with Crippen LogP contribution in [0.1, 0.15) is 28.8 Å². The highest BCUT2D eigenvalue weighted by Gasteiger charge is 2.31. The number of anilines is 1. The number of nitrogens with two attached hydrogens (primary N) is 1. The van der Waals surface area contributed by atoms with Crippen LogP contribution in [0.2, 0.25) is 0 Å². The lowest BCUT2D eigenvalue weighted by Gasteiger charge is -2.22. The standard InChI is InChI=1S/C25H25N3OS/c1-17(25(29)28-13-12-18-7-2-5-10-23(18)28)26-16-21(24-11-6-14-30-24)20-15-27-22-9-4-3-8-19(20)22/h2-11,14-15,17,21,26-27H,12-13,16H2,1H3/p+1/t17-,21+/m1/s1. The van der Waals surface area contributed by atoms with Gasteiger partial charge in [-0.3, -0.25) is 4.79 Å². The Bertz CT molecular complexity index is 1160. The monoisotopic (exact) mass is 416 g/mol. The molecule has 30 heavy (non-hydrogen) atoms. The summed E-state index contributed by atoms with van der Waals surface area (Å²) in [6.45, 7) is 3.65. The summed E-state index contributed by atoms with van der Waals surface area (Å²) < 4.78 is 0. The van der Waals surface area contributed by atoms with Crippen molar-refractivity contribution in [2.24, 2.45) is 0 Å². The van der Waals surface area contributed by atoms with E-state index in [-0.39, 0.29) is 17.9 Å². The molecule has 1 aliphatic heterocycles. The molecule has 152 valence electrons. The third-order valence-electron chi connectivity index (χ3n) is 6.15. The minimum absolute atomic E-state index is 0.121. The number of H-pyrrole nitrogens is 1. The van der Waals surface area contributed by atoms with Gasteiger partial charge in [0.25, 0.3) is 5.91 Å². The minimum Gasteiger partial charge on any atom is -0.361 e. The van der Waals surface area contributed by atoms with Crippen LogP contribution in [0.3, 0.4) is 0 Å². The summed E-state index contributed by atoms with van der Waals surface area (Å²) in [5.74, 6) is 0.450. The van der Waals surface area contributed by atoms with Gasteiger partial charge in [-0.05, 0) is 48.1 Å². The Kier molecular flexibility index (Phi) is 5.15. The van der Waals surface area contributed by atoms with Crippen molar-refractivity contribution in [2.45, 2.75) is 25.3 Å². The fourth-order valence-electron chi connectivity index (χ4n) is 4.52. The lowest BCUT2D eigenvalue weighted by atomic mass is 9.96. The number of benzene rings is 2. The van der Waals surface area contributed by atoms with Gasteiger partial charge in [0, 0.05) is 34.2 Å². The van der Waals surface area contributed by atoms with Crippen molar-refractivity contribution in [3.63, 3.8) is 0 Å². The van der Waals surface area contributed by atoms with Crippen molar-refractivity contribution in [3.8, 4) is 0 Å². The average molecular weight is 417 g/mol. The van der Waals surface area contributed by atoms with Crippen LogP contribution in [0.4, 0.5) is 5.69 Å². The summed E-state index contributed by atoms with van der Waals surface area (Å²) in [5, 5.41) is 5.60. The van der Waals surface area contributed by atoms with E-state index in [9.17, 15) is 4.79 Å². The molecule has 4 nitrogen and oxygen atoms in total. The number of aromatic amines is 1. The Morgan fingerprint density at radius 2 is 1.97 bits per heavy atom. The molecule has 0 bridgehead atoms. The van der Waals surface area contributed by atoms with Crippen molar-refractivity contribution < 1.29 is 10.1 Å². The summed E-state index contributed by atoms with van der Waals surface area (Å²) in [5.41, 5.74) is 4.81. The summed E-state index contributed by atoms with van der Waals surface area (Å²) in [7, 11) is 0. The van der Waals surface area contributed by atoms with Gasteiger partial charge in [-0.1, -0.05) is 42.5 Å². The number of amides is 1. The molecule has 5 rings (SSSR count). The molecule has 0 spiro atoms. The molecule has 2 aromatic heterocycles. The van der Waals surface area contributed by atoms with Crippen LogP contribution in [0, 0.1) is 0 Å². The quantitative estimate of drug-likeness (QED) is 0.492. The number of para-hydroxylation sites is 2. The Balaban J connectivity index is 1.36. The second-order valence-electron chi connectivity index (χ2n) is 7.99. The maximum absolute atomic E-state index is 13.2. The van der Waals surface area contributed by atoms with Crippen LogP contribution in [0.15, 0.2) is 72.2 Å². The summed E-state index contributed by atoms with van der Waals surface area (Å²) in [4.78, 5) is 19.9. The molecule has 4 aromatic rings. The molecule has 2 aromatic carbocycles. The number of hydrogen-bond acceptors (Lipinski definition) is 2. The Morgan fingerprint density at radius 3 is 2.83 bits per heavy atom. The number of carbonyl (C=O) groups excluding carboxylic acids is 1. The third-order valence-corrected chi connectivity index (χ3v) is 7.14. The molecule has 1 amide bonds. The summed E-state index contributed by atoms with van der Waals surface area (Å²) >= 11 is 1.78. The maximum atomic E-state index is 13.2. The molecule has 2 atom stereocenters. The van der Waals surface area contributed by atoms with Gasteiger partial charge in [-0.2, -0.15) is 0 Å². The lowest BCUT2D eigenvalue weighted by Crippen LogP contribution is -2.92. The minimum atomic E-state index is -0.121. The number of aromatic nitrogens is 1. The maximum Gasteiger partial charge on any atom is 0.284 e. The number of thiophene rings is 1. The van der Waals surface area contributed by atoms with Crippen molar-refractivity contribution in [2.75, 3.05) is 18.0 Å². The van der Waals surface area contributed by atoms with Gasteiger partial charge in [-0.15, -0.1) is 11.3 Å². The second-order valence-corrected chi connectivity index (χ2v) is 8.97. The molecule has 3 N–H and O–H groups in total. The zero-order chi connectivity index (χ0) is 20.5. The number of carbonyl (C=O) groups is 1. The first-order valence-electron chi connectivity index (χ1n) is 10.5. The zero-order valence-electron chi connectivity index (χ0n) is 17.0. The largest absolute Gasteiger partial charge is 0.361 e. The Hall–Kier alpha value is -2.89. The van der Waals surface area contributed by atoms with Crippen LogP contribution < -0.4 is 10.2 Å². The zero-order valence-corrected chi connectivity index (χ0v) is 17.9. The number of rotatable bonds is 6.